The Bertz CT molecular complexity index is 709. The molecule has 0 aliphatic heterocycles. The molecule has 0 bridgehead atoms. The quantitative estimate of drug-likeness (QED) is 0.740. The van der Waals surface area contributed by atoms with Gasteiger partial charge in [-0.2, -0.15) is 5.10 Å². The number of nitrogens with zero attached hydrogens (tertiary/aromatic N) is 1. The van der Waals surface area contributed by atoms with Crippen LogP contribution < -0.4 is 4.74 Å². The molecule has 90 valence electrons. The summed E-state index contributed by atoms with van der Waals surface area (Å²) in [6.07, 6.45) is 1.74. The van der Waals surface area contributed by atoms with Crippen LogP contribution in [0.2, 0.25) is 10.0 Å². The van der Waals surface area contributed by atoms with Crippen LogP contribution >= 0.6 is 23.2 Å². The number of hydrogen-bond acceptors (Lipinski definition) is 2. The molecule has 5 heteroatoms. The maximum Gasteiger partial charge on any atom is 0.146 e. The van der Waals surface area contributed by atoms with Crippen LogP contribution in [0.5, 0.6) is 11.5 Å². The molecule has 0 atom stereocenters. The van der Waals surface area contributed by atoms with Gasteiger partial charge in [0.25, 0.3) is 0 Å². The summed E-state index contributed by atoms with van der Waals surface area (Å²) in [7, 11) is 0. The summed E-state index contributed by atoms with van der Waals surface area (Å²) in [6, 6.07) is 10.8. The first-order chi connectivity index (χ1) is 8.72. The number of hydrogen-bond donors (Lipinski definition) is 1. The summed E-state index contributed by atoms with van der Waals surface area (Å²) in [5, 5.41) is 8.88. The van der Waals surface area contributed by atoms with Crippen molar-refractivity contribution in [3.63, 3.8) is 0 Å². The van der Waals surface area contributed by atoms with Crippen LogP contribution in [0.15, 0.2) is 42.6 Å². The van der Waals surface area contributed by atoms with Crippen molar-refractivity contribution < 1.29 is 4.74 Å². The number of aromatic amines is 1. The number of H-pyrrole nitrogens is 1. The van der Waals surface area contributed by atoms with Crippen LogP contribution in [0.3, 0.4) is 0 Å². The summed E-state index contributed by atoms with van der Waals surface area (Å²) < 4.78 is 5.71. The molecule has 1 aromatic heterocycles. The minimum Gasteiger partial charge on any atom is -0.456 e. The Balaban J connectivity index is 1.95. The van der Waals surface area contributed by atoms with E-state index in [9.17, 15) is 0 Å². The lowest BCUT2D eigenvalue weighted by Crippen LogP contribution is -1.85. The molecule has 0 aliphatic rings. The molecule has 0 radical (unpaired) electrons. The molecule has 3 rings (SSSR count). The number of halogens is 2. The van der Waals surface area contributed by atoms with Crippen LogP contribution in [0, 0.1) is 0 Å². The summed E-state index contributed by atoms with van der Waals surface area (Å²) in [4.78, 5) is 0. The normalized spacial score (nSPS) is 10.8. The first-order valence-corrected chi connectivity index (χ1v) is 6.04. The lowest BCUT2D eigenvalue weighted by Gasteiger charge is -2.07. The van der Waals surface area contributed by atoms with Crippen molar-refractivity contribution in [3.8, 4) is 11.5 Å². The molecule has 3 aromatic rings. The number of fused-ring (bicyclic) bond motifs is 1. The average Bonchev–Trinajstić information content (AvgIpc) is 2.80. The molecule has 0 amide bonds. The van der Waals surface area contributed by atoms with Gasteiger partial charge in [-0.25, -0.2) is 0 Å². The molecule has 18 heavy (non-hydrogen) atoms. The lowest BCUT2D eigenvalue weighted by atomic mass is 10.2. The van der Waals surface area contributed by atoms with Crippen LogP contribution in [-0.4, -0.2) is 10.2 Å². The Kier molecular flexibility index (Phi) is 2.86. The zero-order valence-electron chi connectivity index (χ0n) is 9.15. The highest BCUT2D eigenvalue weighted by atomic mass is 35.5. The van der Waals surface area contributed by atoms with E-state index < -0.39 is 0 Å². The summed E-state index contributed by atoms with van der Waals surface area (Å²) in [5.41, 5.74) is 0.963. The zero-order valence-corrected chi connectivity index (χ0v) is 10.7. The number of nitrogens with one attached hydrogen (secondary N) is 1. The van der Waals surface area contributed by atoms with E-state index in [1.54, 1.807) is 24.4 Å². The number of benzene rings is 2. The highest BCUT2D eigenvalue weighted by Gasteiger charge is 2.05. The molecule has 0 saturated heterocycles. The molecule has 3 nitrogen and oxygen atoms in total. The highest BCUT2D eigenvalue weighted by molar-refractivity contribution is 6.35. The molecule has 0 saturated carbocycles. The lowest BCUT2D eigenvalue weighted by molar-refractivity contribution is 0.483. The van der Waals surface area contributed by atoms with Crippen molar-refractivity contribution in [3.05, 3.63) is 52.6 Å². The molecule has 0 unspecified atom stereocenters. The van der Waals surface area contributed by atoms with Crippen molar-refractivity contribution in [1.82, 2.24) is 10.2 Å². The third kappa shape index (κ3) is 2.15. The topological polar surface area (TPSA) is 37.9 Å². The molecular weight excluding hydrogens is 271 g/mol. The van der Waals surface area contributed by atoms with Gasteiger partial charge in [0.15, 0.2) is 0 Å². The second kappa shape index (κ2) is 4.52. The summed E-state index contributed by atoms with van der Waals surface area (Å²) in [5.74, 6) is 1.28. The maximum absolute atomic E-state index is 6.05. The average molecular weight is 279 g/mol. The number of ether oxygens (including phenoxy) is 1. The van der Waals surface area contributed by atoms with Crippen LogP contribution in [0.1, 0.15) is 0 Å². The Morgan fingerprint density at radius 1 is 1.06 bits per heavy atom. The predicted molar refractivity (Wildman–Crippen MR) is 72.6 cm³/mol. The zero-order chi connectivity index (χ0) is 12.5. The van der Waals surface area contributed by atoms with Crippen molar-refractivity contribution in [2.45, 2.75) is 0 Å². The van der Waals surface area contributed by atoms with Crippen LogP contribution in [0.4, 0.5) is 0 Å². The molecule has 0 spiro atoms. The van der Waals surface area contributed by atoms with Crippen molar-refractivity contribution in [1.29, 1.82) is 0 Å². The largest absolute Gasteiger partial charge is 0.456 e. The maximum atomic E-state index is 6.05. The van der Waals surface area contributed by atoms with E-state index in [4.69, 9.17) is 27.9 Å². The van der Waals surface area contributed by atoms with Gasteiger partial charge in [-0.1, -0.05) is 23.2 Å². The van der Waals surface area contributed by atoms with E-state index in [1.807, 2.05) is 18.2 Å². The van der Waals surface area contributed by atoms with Crippen molar-refractivity contribution in [2.24, 2.45) is 0 Å². The molecule has 1 N–H and O–H groups in total. The number of rotatable bonds is 2. The standard InChI is InChI=1S/C13H8Cl2N2O/c14-9-1-4-13(11(15)6-9)18-10-2-3-12-8(5-10)7-16-17-12/h1-7H,(H,16,17). The predicted octanol–water partition coefficient (Wildman–Crippen LogP) is 4.66. The van der Waals surface area contributed by atoms with Gasteiger partial charge in [-0.15, -0.1) is 0 Å². The van der Waals surface area contributed by atoms with Gasteiger partial charge in [-0.3, -0.25) is 5.10 Å². The van der Waals surface area contributed by atoms with Gasteiger partial charge in [0, 0.05) is 10.4 Å². The van der Waals surface area contributed by atoms with Gasteiger partial charge in [0.05, 0.1) is 16.7 Å². The highest BCUT2D eigenvalue weighted by Crippen LogP contribution is 2.32. The Morgan fingerprint density at radius 2 is 1.94 bits per heavy atom. The van der Waals surface area contributed by atoms with Gasteiger partial charge < -0.3 is 4.74 Å². The van der Waals surface area contributed by atoms with Crippen molar-refractivity contribution >= 4 is 34.1 Å². The molecule has 1 heterocycles. The second-order valence-corrected chi connectivity index (χ2v) is 4.64. The Hall–Kier alpha value is -1.71. The van der Waals surface area contributed by atoms with E-state index in [1.165, 1.54) is 0 Å². The monoisotopic (exact) mass is 278 g/mol. The Labute approximate surface area is 113 Å². The van der Waals surface area contributed by atoms with Gasteiger partial charge in [0.2, 0.25) is 0 Å². The van der Waals surface area contributed by atoms with Gasteiger partial charge in [-0.05, 0) is 36.4 Å². The smallest absolute Gasteiger partial charge is 0.146 e. The minimum absolute atomic E-state index is 0.481. The molecule has 2 aromatic carbocycles. The van der Waals surface area contributed by atoms with Crippen LogP contribution in [0.25, 0.3) is 10.9 Å². The van der Waals surface area contributed by atoms with E-state index in [-0.39, 0.29) is 0 Å². The van der Waals surface area contributed by atoms with Gasteiger partial charge in [0.1, 0.15) is 11.5 Å². The third-order valence-corrected chi connectivity index (χ3v) is 3.06. The van der Waals surface area contributed by atoms with Gasteiger partial charge >= 0.3 is 0 Å². The van der Waals surface area contributed by atoms with E-state index in [0.29, 0.717) is 21.5 Å². The number of aromatic nitrogens is 2. The van der Waals surface area contributed by atoms with Crippen LogP contribution in [-0.2, 0) is 0 Å². The minimum atomic E-state index is 0.481. The van der Waals surface area contributed by atoms with Crippen molar-refractivity contribution in [2.75, 3.05) is 0 Å². The molecule has 0 aliphatic carbocycles. The first kappa shape index (κ1) is 11.4. The fourth-order valence-electron chi connectivity index (χ4n) is 1.67. The molecular formula is C13H8Cl2N2O. The third-order valence-electron chi connectivity index (χ3n) is 2.53. The second-order valence-electron chi connectivity index (χ2n) is 3.80. The summed E-state index contributed by atoms with van der Waals surface area (Å²) >= 11 is 11.9. The SMILES string of the molecule is Clc1ccc(Oc2ccc3[nH]ncc3c2)c(Cl)c1. The van der Waals surface area contributed by atoms with E-state index >= 15 is 0 Å². The Morgan fingerprint density at radius 3 is 2.78 bits per heavy atom. The summed E-state index contributed by atoms with van der Waals surface area (Å²) in [6.45, 7) is 0. The molecule has 0 fully saturated rings. The first-order valence-electron chi connectivity index (χ1n) is 5.28. The fourth-order valence-corrected chi connectivity index (χ4v) is 2.12. The fraction of sp³-hybridized carbons (Fsp3) is 0. The van der Waals surface area contributed by atoms with E-state index in [2.05, 4.69) is 10.2 Å². The van der Waals surface area contributed by atoms with E-state index in [0.717, 1.165) is 10.9 Å².